The number of hydrogen-bond acceptors (Lipinski definition) is 11. The summed E-state index contributed by atoms with van der Waals surface area (Å²) in [6.07, 6.45) is 0.300. The highest BCUT2D eigenvalue weighted by atomic mass is 16.4. The summed E-state index contributed by atoms with van der Waals surface area (Å²) in [6, 6.07) is 9.39. The minimum atomic E-state index is -2.67. The standard InChI is InChI=1S/C31H29N5O7/c1-35(2)19-11-18-26(43-30(34-18)14-7-5-13(12-32)6-8-14)21-16(19)9-15-10-17-23(36(3)4)25(38)22(29(33)41)28(40)31(17,42)27(39)20(15)24(21)37/h5-8,11,15,17,23,37,40,42H,9-10H2,1-4H3,(H2,33,41)/t15-,17-,23-,31-/m0/s1. The molecule has 1 amide bonds. The Balaban J connectivity index is 1.59. The molecule has 220 valence electrons. The van der Waals surface area contributed by atoms with Gasteiger partial charge in [-0.15, -0.1) is 0 Å². The van der Waals surface area contributed by atoms with E-state index in [1.54, 1.807) is 38.4 Å². The fraction of sp³-hybridized carbons (Fsp3) is 0.323. The van der Waals surface area contributed by atoms with Crippen molar-refractivity contribution in [2.24, 2.45) is 17.6 Å². The van der Waals surface area contributed by atoms with Gasteiger partial charge in [0.15, 0.2) is 17.0 Å². The average Bonchev–Trinajstić information content (AvgIpc) is 3.38. The number of ketones is 2. The van der Waals surface area contributed by atoms with Crippen molar-refractivity contribution in [3.05, 3.63) is 63.9 Å². The number of aliphatic hydroxyl groups is 3. The lowest BCUT2D eigenvalue weighted by Gasteiger charge is -2.50. The van der Waals surface area contributed by atoms with Crippen molar-refractivity contribution in [1.29, 1.82) is 5.26 Å². The molecule has 3 aliphatic rings. The monoisotopic (exact) mass is 583 g/mol. The highest BCUT2D eigenvalue weighted by molar-refractivity contribution is 6.24. The second-order valence-corrected chi connectivity index (χ2v) is 11.7. The summed E-state index contributed by atoms with van der Waals surface area (Å²) in [4.78, 5) is 47.7. The maximum absolute atomic E-state index is 14.2. The molecule has 6 rings (SSSR count). The number of carbonyl (C=O) groups excluding carboxylic acids is 3. The molecule has 5 N–H and O–H groups in total. The molecular formula is C31H29N5O7. The average molecular weight is 584 g/mol. The van der Waals surface area contributed by atoms with Crippen LogP contribution in [0.3, 0.4) is 0 Å². The van der Waals surface area contributed by atoms with Crippen LogP contribution in [0.4, 0.5) is 5.69 Å². The molecule has 2 aromatic carbocycles. The third-order valence-electron chi connectivity index (χ3n) is 8.82. The largest absolute Gasteiger partial charge is 0.508 e. The predicted octanol–water partition coefficient (Wildman–Crippen LogP) is 2.00. The Morgan fingerprint density at radius 1 is 1.16 bits per heavy atom. The maximum atomic E-state index is 14.2. The molecule has 12 nitrogen and oxygen atoms in total. The van der Waals surface area contributed by atoms with E-state index < -0.39 is 58.0 Å². The molecule has 0 radical (unpaired) electrons. The summed E-state index contributed by atoms with van der Waals surface area (Å²) in [5, 5.41) is 43.9. The highest BCUT2D eigenvalue weighted by Gasteiger charge is 2.64. The SMILES string of the molecule is CN(C)c1cc2nc(-c3ccc(C#N)cc3)oc2c2c1C[C@H]1C[C@H]3[C@H](N(C)C)C(=O)C(C(N)=O)=C(O)[C@@]3(O)C(=O)C1=C2O. The number of hydrogen-bond donors (Lipinski definition) is 4. The van der Waals surface area contributed by atoms with E-state index in [-0.39, 0.29) is 35.5 Å². The van der Waals surface area contributed by atoms with Crippen LogP contribution in [0.1, 0.15) is 23.1 Å². The van der Waals surface area contributed by atoms with Crippen LogP contribution in [-0.2, 0) is 20.8 Å². The smallest absolute Gasteiger partial charge is 0.255 e. The fourth-order valence-corrected chi connectivity index (χ4v) is 6.89. The van der Waals surface area contributed by atoms with Crippen LogP contribution >= 0.6 is 0 Å². The number of nitrogens with zero attached hydrogens (tertiary/aromatic N) is 4. The number of nitrogens with two attached hydrogens (primary N) is 1. The lowest BCUT2D eigenvalue weighted by Crippen LogP contribution is -2.65. The zero-order valence-corrected chi connectivity index (χ0v) is 23.9. The molecule has 3 aromatic rings. The molecule has 3 aliphatic carbocycles. The van der Waals surface area contributed by atoms with E-state index in [2.05, 4.69) is 11.1 Å². The minimum Gasteiger partial charge on any atom is -0.508 e. The zero-order chi connectivity index (χ0) is 31.1. The van der Waals surface area contributed by atoms with E-state index in [1.807, 2.05) is 25.1 Å². The van der Waals surface area contributed by atoms with E-state index >= 15 is 0 Å². The maximum Gasteiger partial charge on any atom is 0.255 e. The Morgan fingerprint density at radius 3 is 2.42 bits per heavy atom. The number of carbonyl (C=O) groups is 3. The van der Waals surface area contributed by atoms with Crippen LogP contribution in [0.5, 0.6) is 0 Å². The van der Waals surface area contributed by atoms with Crippen LogP contribution in [-0.4, -0.2) is 82.5 Å². The highest BCUT2D eigenvalue weighted by Crippen LogP contribution is 2.53. The molecule has 4 atom stereocenters. The molecule has 12 heteroatoms. The second-order valence-electron chi connectivity index (χ2n) is 11.7. The van der Waals surface area contributed by atoms with Gasteiger partial charge < -0.3 is 30.4 Å². The van der Waals surface area contributed by atoms with Gasteiger partial charge >= 0.3 is 0 Å². The first-order chi connectivity index (χ1) is 20.3. The normalized spacial score (nSPS) is 25.0. The quantitative estimate of drug-likeness (QED) is 0.328. The Hall–Kier alpha value is -4.99. The number of oxazole rings is 1. The lowest BCUT2D eigenvalue weighted by molar-refractivity contribution is -0.153. The molecule has 43 heavy (non-hydrogen) atoms. The molecule has 0 aliphatic heterocycles. The molecule has 0 bridgehead atoms. The fourth-order valence-electron chi connectivity index (χ4n) is 6.89. The number of likely N-dealkylation sites (N-methyl/N-ethyl adjacent to an activating group) is 1. The summed E-state index contributed by atoms with van der Waals surface area (Å²) in [5.41, 5.74) is 5.09. The van der Waals surface area contributed by atoms with Crippen LogP contribution in [0.25, 0.3) is 28.3 Å². The number of aromatic nitrogens is 1. The van der Waals surface area contributed by atoms with Gasteiger partial charge in [0.1, 0.15) is 22.6 Å². The van der Waals surface area contributed by atoms with E-state index in [0.717, 1.165) is 5.69 Å². The van der Waals surface area contributed by atoms with Gasteiger partial charge in [0.2, 0.25) is 11.7 Å². The van der Waals surface area contributed by atoms with Crippen molar-refractivity contribution in [2.45, 2.75) is 24.5 Å². The number of anilines is 1. The van der Waals surface area contributed by atoms with Gasteiger partial charge in [-0.1, -0.05) is 0 Å². The Morgan fingerprint density at radius 2 is 1.84 bits per heavy atom. The summed E-state index contributed by atoms with van der Waals surface area (Å²) in [7, 11) is 6.81. The number of benzene rings is 2. The van der Waals surface area contributed by atoms with Gasteiger partial charge in [-0.2, -0.15) is 5.26 Å². The van der Waals surface area contributed by atoms with Crippen LogP contribution in [0.2, 0.25) is 0 Å². The zero-order valence-electron chi connectivity index (χ0n) is 23.9. The van der Waals surface area contributed by atoms with Gasteiger partial charge in [-0.25, -0.2) is 4.98 Å². The van der Waals surface area contributed by atoms with E-state index in [4.69, 9.17) is 15.4 Å². The Labute approximate surface area is 245 Å². The number of rotatable bonds is 4. The van der Waals surface area contributed by atoms with Gasteiger partial charge in [0.05, 0.1) is 23.2 Å². The molecule has 0 saturated heterocycles. The van der Waals surface area contributed by atoms with Crippen molar-refractivity contribution in [1.82, 2.24) is 9.88 Å². The number of amides is 1. The van der Waals surface area contributed by atoms with Crippen LogP contribution < -0.4 is 10.6 Å². The van der Waals surface area contributed by atoms with Crippen molar-refractivity contribution in [2.75, 3.05) is 33.1 Å². The summed E-state index contributed by atoms with van der Waals surface area (Å²) >= 11 is 0. The molecule has 1 fully saturated rings. The number of primary amides is 1. The van der Waals surface area contributed by atoms with Crippen molar-refractivity contribution in [3.63, 3.8) is 0 Å². The van der Waals surface area contributed by atoms with Crippen molar-refractivity contribution in [3.8, 4) is 17.5 Å². The number of nitriles is 1. The van der Waals surface area contributed by atoms with E-state index in [9.17, 15) is 29.7 Å². The molecule has 1 aromatic heterocycles. The second kappa shape index (κ2) is 9.52. The van der Waals surface area contributed by atoms with Crippen molar-refractivity contribution < 1.29 is 34.1 Å². The van der Waals surface area contributed by atoms with Gasteiger partial charge in [-0.05, 0) is 68.8 Å². The molecule has 0 spiro atoms. The lowest BCUT2D eigenvalue weighted by atomic mass is 9.57. The number of fused-ring (bicyclic) bond motifs is 5. The van der Waals surface area contributed by atoms with E-state index in [1.165, 1.54) is 4.90 Å². The molecule has 1 heterocycles. The third kappa shape index (κ3) is 3.82. The first kappa shape index (κ1) is 28.1. The van der Waals surface area contributed by atoms with Crippen LogP contribution in [0, 0.1) is 23.2 Å². The first-order valence-electron chi connectivity index (χ1n) is 13.6. The topological polar surface area (TPSA) is 194 Å². The molecular weight excluding hydrogens is 554 g/mol. The molecule has 1 saturated carbocycles. The van der Waals surface area contributed by atoms with Gasteiger partial charge in [-0.3, -0.25) is 19.3 Å². The molecule has 0 unspecified atom stereocenters. The van der Waals surface area contributed by atoms with Gasteiger partial charge in [0.25, 0.3) is 5.91 Å². The predicted molar refractivity (Wildman–Crippen MR) is 155 cm³/mol. The van der Waals surface area contributed by atoms with E-state index in [0.29, 0.717) is 22.2 Å². The Kier molecular flexibility index (Phi) is 6.23. The summed E-state index contributed by atoms with van der Waals surface area (Å²) < 4.78 is 6.16. The third-order valence-corrected chi connectivity index (χ3v) is 8.82. The van der Waals surface area contributed by atoms with Crippen LogP contribution in [0.15, 0.2) is 51.7 Å². The Bertz CT molecular complexity index is 1860. The number of aliphatic hydroxyl groups excluding tert-OH is 2. The summed E-state index contributed by atoms with van der Waals surface area (Å²) in [5.74, 6) is -6.10. The van der Waals surface area contributed by atoms with Gasteiger partial charge in [0, 0.05) is 36.8 Å². The summed E-state index contributed by atoms with van der Waals surface area (Å²) in [6.45, 7) is 0. The minimum absolute atomic E-state index is 0.0452. The number of Topliss-reactive ketones (excluding diaryl/α,β-unsaturated/α-hetero) is 2. The first-order valence-corrected chi connectivity index (χ1v) is 13.6. The van der Waals surface area contributed by atoms with Crippen molar-refractivity contribution >= 4 is 40.0 Å².